The zero-order valence-electron chi connectivity index (χ0n) is 27.6. The monoisotopic (exact) mass is 660 g/mol. The van der Waals surface area contributed by atoms with Crippen LogP contribution >= 0.6 is 0 Å². The number of nitrogen functional groups attached to an aromatic ring is 1. The molecule has 2 fully saturated rings. The van der Waals surface area contributed by atoms with Gasteiger partial charge in [-0.3, -0.25) is 4.79 Å². The Morgan fingerprint density at radius 3 is 2.43 bits per heavy atom. The van der Waals surface area contributed by atoms with E-state index in [9.17, 15) is 4.79 Å². The highest BCUT2D eigenvalue weighted by molar-refractivity contribution is 5.94. The highest BCUT2D eigenvalue weighted by Crippen LogP contribution is 2.34. The van der Waals surface area contributed by atoms with Gasteiger partial charge in [-0.15, -0.1) is 5.10 Å². The van der Waals surface area contributed by atoms with Crippen molar-refractivity contribution in [3.63, 3.8) is 0 Å². The molecule has 252 valence electrons. The molecular formula is C36H40N10O3. The largest absolute Gasteiger partial charge is 0.494 e. The minimum absolute atomic E-state index is 0.0704. The molecule has 1 atom stereocenters. The van der Waals surface area contributed by atoms with Gasteiger partial charge in [-0.1, -0.05) is 30.3 Å². The van der Waals surface area contributed by atoms with E-state index in [1.54, 1.807) is 29.3 Å². The number of hydrogen-bond donors (Lipinski definition) is 1. The minimum Gasteiger partial charge on any atom is -0.494 e. The van der Waals surface area contributed by atoms with Crippen LogP contribution in [0.4, 0.5) is 11.6 Å². The lowest BCUT2D eigenvalue weighted by Crippen LogP contribution is -2.56. The Hall–Kier alpha value is -5.43. The summed E-state index contributed by atoms with van der Waals surface area (Å²) >= 11 is 0. The van der Waals surface area contributed by atoms with E-state index in [4.69, 9.17) is 30.0 Å². The average molecular weight is 661 g/mol. The van der Waals surface area contributed by atoms with Gasteiger partial charge < -0.3 is 29.6 Å². The summed E-state index contributed by atoms with van der Waals surface area (Å²) in [5, 5.41) is 9.89. The number of likely N-dealkylation sites (tertiary alicyclic amines) is 1. The highest BCUT2D eigenvalue weighted by atomic mass is 16.5. The lowest BCUT2D eigenvalue weighted by molar-refractivity contribution is -0.138. The predicted octanol–water partition coefficient (Wildman–Crippen LogP) is 4.29. The molecule has 2 aliphatic rings. The van der Waals surface area contributed by atoms with E-state index in [-0.39, 0.29) is 11.9 Å². The first kappa shape index (κ1) is 30.9. The third-order valence-corrected chi connectivity index (χ3v) is 9.80. The van der Waals surface area contributed by atoms with E-state index in [1.165, 1.54) is 30.4 Å². The molecule has 49 heavy (non-hydrogen) atoms. The van der Waals surface area contributed by atoms with Crippen molar-refractivity contribution in [3.05, 3.63) is 84.8 Å². The molecule has 6 aromatic rings. The molecule has 2 aliphatic heterocycles. The van der Waals surface area contributed by atoms with Gasteiger partial charge in [-0.05, 0) is 81.2 Å². The Kier molecular flexibility index (Phi) is 8.12. The number of carbonyl (C=O) groups is 1. The van der Waals surface area contributed by atoms with Crippen LogP contribution in [0.5, 0.6) is 5.75 Å². The van der Waals surface area contributed by atoms with Crippen LogP contribution in [0.25, 0.3) is 28.3 Å². The van der Waals surface area contributed by atoms with Crippen molar-refractivity contribution < 1.29 is 13.9 Å². The standard InChI is InChI=1S/C36H40N10O3/c1-36(26-9-3-2-4-10-26,46-33-29(25-38-46)32-39-31(30-11-7-23-49-30)41-45(32)35(37)40-33)34(47)44-21-19-43(20-22-44)27-12-14-28(15-13-27)48-24-8-18-42-16-5-6-17-42/h2-4,7,9-15,23,25H,5-6,8,16-22,24H2,1H3,(H2,37,40)/t36-/m0/s1. The molecule has 2 saturated heterocycles. The van der Waals surface area contributed by atoms with Crippen molar-refractivity contribution in [1.29, 1.82) is 0 Å². The number of benzene rings is 2. The number of ether oxygens (including phenoxy) is 1. The Morgan fingerprint density at radius 1 is 0.918 bits per heavy atom. The zero-order chi connectivity index (χ0) is 33.4. The number of nitrogens with two attached hydrogens (primary N) is 1. The number of rotatable bonds is 10. The lowest BCUT2D eigenvalue weighted by atomic mass is 9.90. The number of nitrogens with zero attached hydrogens (tertiary/aromatic N) is 9. The lowest BCUT2D eigenvalue weighted by Gasteiger charge is -2.40. The molecule has 0 unspecified atom stereocenters. The quantitative estimate of drug-likeness (QED) is 0.212. The van der Waals surface area contributed by atoms with E-state index < -0.39 is 5.54 Å². The molecule has 6 heterocycles. The van der Waals surface area contributed by atoms with Gasteiger partial charge in [0.1, 0.15) is 5.75 Å². The third-order valence-electron chi connectivity index (χ3n) is 9.80. The first-order valence-corrected chi connectivity index (χ1v) is 17.0. The Balaban J connectivity index is 1.01. The van der Waals surface area contributed by atoms with Crippen LogP contribution in [-0.4, -0.2) is 97.5 Å². The van der Waals surface area contributed by atoms with E-state index in [0.717, 1.165) is 36.6 Å². The van der Waals surface area contributed by atoms with E-state index in [2.05, 4.69) is 27.0 Å². The number of carbonyl (C=O) groups excluding carboxylic acids is 1. The summed E-state index contributed by atoms with van der Waals surface area (Å²) in [5.41, 5.74) is 8.05. The fourth-order valence-electron chi connectivity index (χ4n) is 7.06. The van der Waals surface area contributed by atoms with Crippen molar-refractivity contribution in [1.82, 2.24) is 39.2 Å². The molecule has 2 aromatic carbocycles. The van der Waals surface area contributed by atoms with Gasteiger partial charge in [0, 0.05) is 38.4 Å². The maximum absolute atomic E-state index is 14.7. The van der Waals surface area contributed by atoms with Crippen molar-refractivity contribution in [2.45, 2.75) is 31.7 Å². The topological polar surface area (TPSA) is 136 Å². The molecule has 13 heteroatoms. The van der Waals surface area contributed by atoms with E-state index >= 15 is 0 Å². The SMILES string of the molecule is C[C@@](C(=O)N1CCN(c2ccc(OCCCN3CCCC3)cc2)CC1)(c1ccccc1)n1ncc2c1nc(N)n1nc(-c3ccco3)nc21. The third kappa shape index (κ3) is 5.73. The normalized spacial score (nSPS) is 16.8. The summed E-state index contributed by atoms with van der Waals surface area (Å²) in [7, 11) is 0. The van der Waals surface area contributed by atoms with Crippen molar-refractivity contribution >= 4 is 34.2 Å². The van der Waals surface area contributed by atoms with Crippen LogP contribution in [0.2, 0.25) is 0 Å². The summed E-state index contributed by atoms with van der Waals surface area (Å²) in [4.78, 5) is 30.8. The van der Waals surface area contributed by atoms with Gasteiger partial charge in [0.15, 0.2) is 22.6 Å². The summed E-state index contributed by atoms with van der Waals surface area (Å²) in [6, 6.07) is 21.6. The maximum atomic E-state index is 14.7. The minimum atomic E-state index is -1.21. The Bertz CT molecular complexity index is 2040. The van der Waals surface area contributed by atoms with Gasteiger partial charge in [-0.2, -0.15) is 14.6 Å². The molecule has 8 rings (SSSR count). The maximum Gasteiger partial charge on any atom is 0.255 e. The van der Waals surface area contributed by atoms with Crippen molar-refractivity contribution in [3.8, 4) is 17.3 Å². The second-order valence-corrected chi connectivity index (χ2v) is 12.9. The van der Waals surface area contributed by atoms with Crippen LogP contribution in [0.15, 0.2) is 83.6 Å². The molecule has 0 aliphatic carbocycles. The van der Waals surface area contributed by atoms with Gasteiger partial charge in [-0.25, -0.2) is 9.67 Å². The van der Waals surface area contributed by atoms with E-state index in [1.807, 2.05) is 54.3 Å². The molecular weight excluding hydrogens is 620 g/mol. The molecule has 0 saturated carbocycles. The van der Waals surface area contributed by atoms with Crippen LogP contribution in [0, 0.1) is 0 Å². The molecule has 0 spiro atoms. The summed E-state index contributed by atoms with van der Waals surface area (Å²) < 4.78 is 14.7. The van der Waals surface area contributed by atoms with Crippen molar-refractivity contribution in [2.24, 2.45) is 0 Å². The number of aromatic nitrogens is 6. The predicted molar refractivity (Wildman–Crippen MR) is 186 cm³/mol. The molecule has 0 radical (unpaired) electrons. The van der Waals surface area contributed by atoms with Crippen molar-refractivity contribution in [2.75, 3.05) is 63.1 Å². The van der Waals surface area contributed by atoms with Gasteiger partial charge in [0.25, 0.3) is 5.91 Å². The Labute approximate surface area is 283 Å². The summed E-state index contributed by atoms with van der Waals surface area (Å²) in [5.74, 6) is 1.84. The number of anilines is 2. The number of fused-ring (bicyclic) bond motifs is 3. The first-order chi connectivity index (χ1) is 24.0. The first-order valence-electron chi connectivity index (χ1n) is 17.0. The van der Waals surface area contributed by atoms with Gasteiger partial charge >= 0.3 is 0 Å². The van der Waals surface area contributed by atoms with Gasteiger partial charge in [0.05, 0.1) is 24.5 Å². The van der Waals surface area contributed by atoms with Crippen LogP contribution in [0.1, 0.15) is 31.7 Å². The fraction of sp³-hybridized carbons (Fsp3) is 0.361. The molecule has 4 aromatic heterocycles. The molecule has 13 nitrogen and oxygen atoms in total. The van der Waals surface area contributed by atoms with Gasteiger partial charge in [0.2, 0.25) is 11.8 Å². The van der Waals surface area contributed by atoms with Crippen LogP contribution in [-0.2, 0) is 10.3 Å². The molecule has 0 bridgehead atoms. The zero-order valence-corrected chi connectivity index (χ0v) is 27.6. The van der Waals surface area contributed by atoms with Crippen LogP contribution < -0.4 is 15.4 Å². The molecule has 1 amide bonds. The fourth-order valence-corrected chi connectivity index (χ4v) is 7.06. The molecule has 2 N–H and O–H groups in total. The number of amides is 1. The smallest absolute Gasteiger partial charge is 0.255 e. The second kappa shape index (κ2) is 12.9. The number of hydrogen-bond acceptors (Lipinski definition) is 10. The highest BCUT2D eigenvalue weighted by Gasteiger charge is 2.43. The summed E-state index contributed by atoms with van der Waals surface area (Å²) in [6.07, 6.45) is 6.90. The van der Waals surface area contributed by atoms with Crippen LogP contribution in [0.3, 0.4) is 0 Å². The average Bonchev–Trinajstić information content (AvgIpc) is 3.98. The number of furan rings is 1. The Morgan fingerprint density at radius 2 is 1.69 bits per heavy atom. The number of piperazine rings is 1. The summed E-state index contributed by atoms with van der Waals surface area (Å²) in [6.45, 7) is 8.68. The second-order valence-electron chi connectivity index (χ2n) is 12.9. The van der Waals surface area contributed by atoms with E-state index in [0.29, 0.717) is 54.4 Å².